The lowest BCUT2D eigenvalue weighted by molar-refractivity contribution is -0.132. The van der Waals surface area contributed by atoms with Gasteiger partial charge in [0.25, 0.3) is 0 Å². The van der Waals surface area contributed by atoms with Crippen molar-refractivity contribution in [3.05, 3.63) is 17.0 Å². The number of carbonyl (C=O) groups excluding carboxylic acids is 1. The van der Waals surface area contributed by atoms with Gasteiger partial charge in [0.15, 0.2) is 0 Å². The maximum absolute atomic E-state index is 12.7. The molecule has 1 aromatic heterocycles. The maximum Gasteiger partial charge on any atom is 0.238 e. The lowest BCUT2D eigenvalue weighted by Crippen LogP contribution is -2.40. The molecule has 3 heterocycles. The van der Waals surface area contributed by atoms with Gasteiger partial charge in [-0.3, -0.25) is 9.48 Å². The van der Waals surface area contributed by atoms with E-state index >= 15 is 0 Å². The first-order valence-corrected chi connectivity index (χ1v) is 9.69. The van der Waals surface area contributed by atoms with Crippen LogP contribution in [0, 0.1) is 13.8 Å². The summed E-state index contributed by atoms with van der Waals surface area (Å²) in [5.41, 5.74) is 3.13. The average molecular weight is 340 g/mol. The predicted octanol–water partition coefficient (Wildman–Crippen LogP) is 0.736. The van der Waals surface area contributed by atoms with Crippen LogP contribution in [0.25, 0.3) is 0 Å². The zero-order valence-electron chi connectivity index (χ0n) is 13.9. The van der Waals surface area contributed by atoms with Crippen LogP contribution in [-0.2, 0) is 21.9 Å². The molecule has 0 aliphatic carbocycles. The van der Waals surface area contributed by atoms with Crippen molar-refractivity contribution < 1.29 is 13.2 Å². The van der Waals surface area contributed by atoms with E-state index in [9.17, 15) is 13.2 Å². The Balaban J connectivity index is 1.80. The number of hydrogen-bond acceptors (Lipinski definition) is 4. The largest absolute Gasteiger partial charge is 0.334 e. The van der Waals surface area contributed by atoms with Gasteiger partial charge in [0.1, 0.15) is 0 Å². The summed E-state index contributed by atoms with van der Waals surface area (Å²) < 4.78 is 27.0. The van der Waals surface area contributed by atoms with E-state index in [-0.39, 0.29) is 24.2 Å². The van der Waals surface area contributed by atoms with E-state index in [1.54, 1.807) is 0 Å². The Morgan fingerprint density at radius 3 is 2.57 bits per heavy atom. The molecule has 0 bridgehead atoms. The van der Waals surface area contributed by atoms with Crippen molar-refractivity contribution in [1.82, 2.24) is 19.0 Å². The van der Waals surface area contributed by atoms with Crippen LogP contribution in [0.15, 0.2) is 0 Å². The highest BCUT2D eigenvalue weighted by molar-refractivity contribution is 7.89. The molecule has 2 aliphatic heterocycles. The third kappa shape index (κ3) is 2.89. The fourth-order valence-electron chi connectivity index (χ4n) is 3.75. The van der Waals surface area contributed by atoms with Crippen molar-refractivity contribution in [2.24, 2.45) is 7.05 Å². The first kappa shape index (κ1) is 16.4. The second kappa shape index (κ2) is 5.90. The lowest BCUT2D eigenvalue weighted by atomic mass is 10.0. The van der Waals surface area contributed by atoms with E-state index < -0.39 is 10.0 Å². The van der Waals surface area contributed by atoms with Gasteiger partial charge in [-0.2, -0.15) is 9.40 Å². The van der Waals surface area contributed by atoms with Crippen LogP contribution in [0.1, 0.15) is 42.3 Å². The predicted molar refractivity (Wildman–Crippen MR) is 86.3 cm³/mol. The van der Waals surface area contributed by atoms with Crippen LogP contribution in [-0.4, -0.2) is 58.7 Å². The fraction of sp³-hybridized carbons (Fsp3) is 0.733. The topological polar surface area (TPSA) is 75.5 Å². The van der Waals surface area contributed by atoms with Crippen LogP contribution >= 0.6 is 0 Å². The van der Waals surface area contributed by atoms with Crippen molar-refractivity contribution in [1.29, 1.82) is 0 Å². The van der Waals surface area contributed by atoms with Gasteiger partial charge in [-0.05, 0) is 33.1 Å². The van der Waals surface area contributed by atoms with Gasteiger partial charge in [0, 0.05) is 31.4 Å². The molecule has 0 N–H and O–H groups in total. The van der Waals surface area contributed by atoms with Crippen molar-refractivity contribution >= 4 is 15.9 Å². The Labute approximate surface area is 137 Å². The molecule has 8 heteroatoms. The van der Waals surface area contributed by atoms with Crippen molar-refractivity contribution in [3.63, 3.8) is 0 Å². The van der Waals surface area contributed by atoms with Gasteiger partial charge >= 0.3 is 0 Å². The number of aromatic nitrogens is 2. The van der Waals surface area contributed by atoms with Gasteiger partial charge < -0.3 is 4.90 Å². The summed E-state index contributed by atoms with van der Waals surface area (Å²) >= 11 is 0. The van der Waals surface area contributed by atoms with Gasteiger partial charge in [-0.25, -0.2) is 8.42 Å². The molecule has 3 rings (SSSR count). The lowest BCUT2D eigenvalue weighted by Gasteiger charge is -2.27. The third-order valence-corrected chi connectivity index (χ3v) is 6.89. The monoisotopic (exact) mass is 340 g/mol. The first-order valence-electron chi connectivity index (χ1n) is 8.08. The first-order chi connectivity index (χ1) is 10.8. The highest BCUT2D eigenvalue weighted by atomic mass is 32.2. The molecule has 1 atom stereocenters. The molecule has 1 amide bonds. The summed E-state index contributed by atoms with van der Waals surface area (Å²) in [5.74, 6) is 0.0606. The van der Waals surface area contributed by atoms with E-state index in [1.807, 2.05) is 30.5 Å². The van der Waals surface area contributed by atoms with Gasteiger partial charge in [-0.15, -0.1) is 0 Å². The van der Waals surface area contributed by atoms with E-state index in [2.05, 4.69) is 5.10 Å². The summed E-state index contributed by atoms with van der Waals surface area (Å²) in [5, 5.41) is 4.45. The minimum absolute atomic E-state index is 0.0153. The molecule has 7 nitrogen and oxygen atoms in total. The Bertz CT molecular complexity index is 725. The summed E-state index contributed by atoms with van der Waals surface area (Å²) in [6, 6.07) is 0.0153. The molecule has 2 fully saturated rings. The van der Waals surface area contributed by atoms with E-state index in [0.717, 1.165) is 29.8 Å². The molecule has 0 spiro atoms. The number of hydrogen-bond donors (Lipinski definition) is 0. The number of nitrogens with zero attached hydrogens (tertiary/aromatic N) is 4. The van der Waals surface area contributed by atoms with E-state index in [0.29, 0.717) is 19.5 Å². The summed E-state index contributed by atoms with van der Waals surface area (Å²) in [4.78, 5) is 14.5. The number of amides is 1. The summed E-state index contributed by atoms with van der Waals surface area (Å²) in [6.07, 6.45) is 2.46. The molecule has 0 saturated carbocycles. The molecule has 128 valence electrons. The van der Waals surface area contributed by atoms with Crippen molar-refractivity contribution in [2.75, 3.05) is 25.4 Å². The molecule has 2 aliphatic rings. The summed E-state index contributed by atoms with van der Waals surface area (Å²) in [7, 11) is -1.33. The summed E-state index contributed by atoms with van der Waals surface area (Å²) in [6.45, 7) is 5.09. The van der Waals surface area contributed by atoms with Crippen LogP contribution in [0.2, 0.25) is 0 Å². The molecule has 0 aromatic carbocycles. The van der Waals surface area contributed by atoms with Gasteiger partial charge in [0.2, 0.25) is 15.9 Å². The maximum atomic E-state index is 12.7. The highest BCUT2D eigenvalue weighted by Gasteiger charge is 2.36. The Kier molecular flexibility index (Phi) is 4.22. The molecule has 1 aromatic rings. The molecule has 1 unspecified atom stereocenters. The third-order valence-electron chi connectivity index (χ3n) is 4.99. The van der Waals surface area contributed by atoms with Crippen LogP contribution in [0.4, 0.5) is 0 Å². The quantitative estimate of drug-likeness (QED) is 0.813. The molecule has 2 saturated heterocycles. The van der Waals surface area contributed by atoms with Gasteiger partial charge in [0.05, 0.1) is 24.0 Å². The minimum Gasteiger partial charge on any atom is -0.334 e. The van der Waals surface area contributed by atoms with Crippen LogP contribution in [0.5, 0.6) is 0 Å². The molecular weight excluding hydrogens is 316 g/mol. The minimum atomic E-state index is -3.24. The highest BCUT2D eigenvalue weighted by Crippen LogP contribution is 2.35. The second-order valence-electron chi connectivity index (χ2n) is 6.46. The van der Waals surface area contributed by atoms with Crippen LogP contribution < -0.4 is 0 Å². The Morgan fingerprint density at radius 1 is 1.26 bits per heavy atom. The molecule has 23 heavy (non-hydrogen) atoms. The zero-order chi connectivity index (χ0) is 16.8. The zero-order valence-corrected chi connectivity index (χ0v) is 14.8. The van der Waals surface area contributed by atoms with Crippen LogP contribution in [0.3, 0.4) is 0 Å². The number of likely N-dealkylation sites (tertiary alicyclic amines) is 1. The SMILES string of the molecule is Cc1nn(C)c(C)c1C1CCCN1C(=O)CN1CCCS1(=O)=O. The Morgan fingerprint density at radius 2 is 2.00 bits per heavy atom. The van der Waals surface area contributed by atoms with E-state index in [1.165, 1.54) is 4.31 Å². The number of sulfonamides is 1. The van der Waals surface area contributed by atoms with Crippen molar-refractivity contribution in [3.8, 4) is 0 Å². The number of carbonyl (C=O) groups is 1. The smallest absolute Gasteiger partial charge is 0.238 e. The molecular formula is C15H24N4O3S. The fourth-order valence-corrected chi connectivity index (χ4v) is 5.21. The number of rotatable bonds is 3. The average Bonchev–Trinajstić information content (AvgIpc) is 3.11. The normalized spacial score (nSPS) is 24.5. The van der Waals surface area contributed by atoms with E-state index in [4.69, 9.17) is 0 Å². The number of aryl methyl sites for hydroxylation is 2. The van der Waals surface area contributed by atoms with Crippen molar-refractivity contribution in [2.45, 2.75) is 39.2 Å². The second-order valence-corrected chi connectivity index (χ2v) is 8.54. The Hall–Kier alpha value is -1.41. The standard InChI is InChI=1S/C15H24N4O3S/c1-11-15(12(2)17(3)16-11)13-6-4-8-19(13)14(20)10-18-7-5-9-23(18,21)22/h13H,4-10H2,1-3H3. The molecule has 0 radical (unpaired) electrons. The van der Waals surface area contributed by atoms with Gasteiger partial charge in [-0.1, -0.05) is 0 Å².